The molecule has 6 heterocycles. The summed E-state index contributed by atoms with van der Waals surface area (Å²) in [5.74, 6) is -2.12. The highest BCUT2D eigenvalue weighted by Gasteiger charge is 2.71. The molecule has 6 saturated heterocycles. The van der Waals surface area contributed by atoms with E-state index in [4.69, 9.17) is 52.1 Å². The minimum Gasteiger partial charge on any atom is -0.394 e. The summed E-state index contributed by atoms with van der Waals surface area (Å²) >= 11 is 0. The largest absolute Gasteiger partial charge is 0.394 e. The maximum atomic E-state index is 14.9. The van der Waals surface area contributed by atoms with Gasteiger partial charge in [0.25, 0.3) is 0 Å². The first-order valence-electron chi connectivity index (χ1n) is 29.9. The van der Waals surface area contributed by atoms with E-state index in [1.807, 2.05) is 20.8 Å². The first-order valence-corrected chi connectivity index (χ1v) is 29.9. The van der Waals surface area contributed by atoms with Crippen molar-refractivity contribution in [1.29, 1.82) is 0 Å². The molecule has 6 aliphatic heterocycles. The lowest BCUT2D eigenvalue weighted by Gasteiger charge is -2.57. The number of allylic oxidation sites excluding steroid dienone is 1. The van der Waals surface area contributed by atoms with Crippen LogP contribution < -0.4 is 0 Å². The van der Waals surface area contributed by atoms with Crippen LogP contribution in [0.1, 0.15) is 79.1 Å². The lowest BCUT2D eigenvalue weighted by atomic mass is 9.46. The highest BCUT2D eigenvalue weighted by Crippen LogP contribution is 2.69. The van der Waals surface area contributed by atoms with Crippen molar-refractivity contribution in [3.8, 4) is 0 Å². The fourth-order valence-corrected chi connectivity index (χ4v) is 15.9. The molecule has 0 radical (unpaired) electrons. The molecule has 29 nitrogen and oxygen atoms in total. The number of ether oxygens (including phenoxy) is 11. The third-order valence-electron chi connectivity index (χ3n) is 21.1. The van der Waals surface area contributed by atoms with Gasteiger partial charge in [-0.2, -0.15) is 0 Å². The minimum absolute atomic E-state index is 0.0178. The molecule has 10 rings (SSSR count). The lowest BCUT2D eigenvalue weighted by Crippen LogP contribution is -2.67. The molecular formula is C56H90O29. The van der Waals surface area contributed by atoms with Gasteiger partial charge < -0.3 is 139 Å². The van der Waals surface area contributed by atoms with Crippen LogP contribution in [0.25, 0.3) is 0 Å². The van der Waals surface area contributed by atoms with Crippen LogP contribution in [0.5, 0.6) is 0 Å². The zero-order chi connectivity index (χ0) is 61.5. The molecule has 0 bridgehead atoms. The summed E-state index contributed by atoms with van der Waals surface area (Å²) in [7, 11) is 0. The highest BCUT2D eigenvalue weighted by molar-refractivity contribution is 5.87. The quantitative estimate of drug-likeness (QED) is 0.0568. The van der Waals surface area contributed by atoms with Crippen LogP contribution in [-0.4, -0.2) is 298 Å². The van der Waals surface area contributed by atoms with Gasteiger partial charge in [-0.3, -0.25) is 4.79 Å². The molecule has 29 heteroatoms. The second-order valence-corrected chi connectivity index (χ2v) is 26.1. The van der Waals surface area contributed by atoms with Gasteiger partial charge in [0.1, 0.15) is 122 Å². The molecule has 35 atom stereocenters. The zero-order valence-electron chi connectivity index (χ0n) is 48.0. The fourth-order valence-electron chi connectivity index (χ4n) is 15.9. The van der Waals surface area contributed by atoms with E-state index < -0.39 is 209 Å². The van der Waals surface area contributed by atoms with E-state index in [-0.39, 0.29) is 54.5 Å². The smallest absolute Gasteiger partial charge is 0.187 e. The number of aliphatic hydroxyl groups excluding tert-OH is 16. The number of hydrogen-bond acceptors (Lipinski definition) is 29. The topological polar surface area (TPSA) is 463 Å². The molecular weight excluding hydrogens is 1140 g/mol. The van der Waals surface area contributed by atoms with Gasteiger partial charge in [-0.1, -0.05) is 39.3 Å². The van der Waals surface area contributed by atoms with E-state index in [0.717, 1.165) is 5.57 Å². The van der Waals surface area contributed by atoms with Crippen LogP contribution in [0.3, 0.4) is 0 Å². The Balaban J connectivity index is 0.778. The van der Waals surface area contributed by atoms with E-state index >= 15 is 0 Å². The SMILES string of the molecule is CC(CCC1(O)OC2CC3C4CC=C5CC(OC6OC(CO)C(O)C(OC7OCC(O)C(O)C7OC7OC(CO)C(O)C(O)C7OC7OC(CO)C(O)C(O)C7O)C6O)CCC5(C)C4CC(=O)C3(C)C2C1C)COC1OC(CO)C(O)C(O)C1O. The predicted octanol–water partition coefficient (Wildman–Crippen LogP) is -6.39. The van der Waals surface area contributed by atoms with Gasteiger partial charge in [-0.25, -0.2) is 0 Å². The average molecular weight is 1230 g/mol. The minimum atomic E-state index is -2.01. The molecule has 0 aromatic carbocycles. The van der Waals surface area contributed by atoms with Gasteiger partial charge in [0.05, 0.1) is 51.8 Å². The van der Waals surface area contributed by atoms with Gasteiger partial charge in [-0.15, -0.1) is 0 Å². The van der Waals surface area contributed by atoms with Crippen LogP contribution >= 0.6 is 0 Å². The number of fused-ring (bicyclic) bond motifs is 7. The first kappa shape index (κ1) is 66.2. The third kappa shape index (κ3) is 12.0. The van der Waals surface area contributed by atoms with Crippen molar-refractivity contribution in [3.63, 3.8) is 0 Å². The van der Waals surface area contributed by atoms with Gasteiger partial charge in [0, 0.05) is 30.1 Å². The van der Waals surface area contributed by atoms with Crippen LogP contribution in [-0.2, 0) is 56.9 Å². The third-order valence-corrected chi connectivity index (χ3v) is 21.1. The number of Topliss-reactive ketones (excluding diaryl/α,β-unsaturated/α-hetero) is 1. The van der Waals surface area contributed by atoms with Crippen molar-refractivity contribution < 1.29 is 144 Å². The Labute approximate surface area is 490 Å². The highest BCUT2D eigenvalue weighted by atomic mass is 16.8. The molecule has 17 N–H and O–H groups in total. The summed E-state index contributed by atoms with van der Waals surface area (Å²) in [6, 6.07) is 0. The zero-order valence-corrected chi connectivity index (χ0v) is 48.0. The molecule has 0 amide bonds. The van der Waals surface area contributed by atoms with Crippen molar-refractivity contribution in [2.24, 2.45) is 46.3 Å². The number of carbonyl (C=O) groups is 1. The first-order chi connectivity index (χ1) is 40.2. The van der Waals surface area contributed by atoms with Crippen LogP contribution in [0.2, 0.25) is 0 Å². The van der Waals surface area contributed by atoms with Crippen molar-refractivity contribution in [2.75, 3.05) is 39.6 Å². The Bertz CT molecular complexity index is 2290. The maximum Gasteiger partial charge on any atom is 0.187 e. The van der Waals surface area contributed by atoms with Crippen molar-refractivity contribution in [2.45, 2.75) is 244 Å². The Hall–Kier alpha value is -1.71. The molecule has 10 aliphatic rings. The molecule has 0 spiro atoms. The average Bonchev–Trinajstić information content (AvgIpc) is 1.60. The lowest BCUT2D eigenvalue weighted by molar-refractivity contribution is -0.398. The molecule has 3 saturated carbocycles. The molecule has 0 aromatic heterocycles. The van der Waals surface area contributed by atoms with Gasteiger partial charge in [-0.05, 0) is 67.6 Å². The van der Waals surface area contributed by atoms with Crippen molar-refractivity contribution in [3.05, 3.63) is 11.6 Å². The van der Waals surface area contributed by atoms with E-state index in [1.165, 1.54) is 0 Å². The molecule has 0 aromatic rings. The van der Waals surface area contributed by atoms with E-state index in [2.05, 4.69) is 13.0 Å². The second-order valence-electron chi connectivity index (χ2n) is 26.1. The van der Waals surface area contributed by atoms with Gasteiger partial charge in [0.2, 0.25) is 0 Å². The fraction of sp³-hybridized carbons (Fsp3) is 0.946. The van der Waals surface area contributed by atoms with Crippen molar-refractivity contribution >= 4 is 5.78 Å². The maximum absolute atomic E-state index is 14.9. The van der Waals surface area contributed by atoms with Crippen LogP contribution in [0.15, 0.2) is 11.6 Å². The Kier molecular flexibility index (Phi) is 20.3. The summed E-state index contributed by atoms with van der Waals surface area (Å²) in [6.45, 7) is 4.43. The second kappa shape index (κ2) is 26.1. The monoisotopic (exact) mass is 1230 g/mol. The Morgan fingerprint density at radius 2 is 1.15 bits per heavy atom. The number of aliphatic hydroxyl groups is 17. The van der Waals surface area contributed by atoms with E-state index in [1.54, 1.807) is 0 Å². The van der Waals surface area contributed by atoms with Crippen molar-refractivity contribution in [1.82, 2.24) is 0 Å². The standard InChI is InChI=1S/C56H90O29/c1-20(18-75-49-43(71)40(68)36(64)29(14-57)78-49)7-10-56(74)21(2)34-28(85-56)12-26-24-6-5-22-11-23(8-9-54(22,3)25(24)13-33(62)55(26,34)4)77-51-45(73)46(39(67)32(17-60)80-51)82-52-47(35(63)27(61)19-76-52)84-53-48(42(70)38(66)31(16-59)81-53)83-50-44(72)41(69)37(65)30(15-58)79-50/h5,20-21,23-32,34-53,57-61,63-74H,6-19H2,1-4H3. The molecule has 9 fully saturated rings. The summed E-state index contributed by atoms with van der Waals surface area (Å²) in [4.78, 5) is 14.9. The Morgan fingerprint density at radius 1 is 0.612 bits per heavy atom. The van der Waals surface area contributed by atoms with E-state index in [0.29, 0.717) is 44.9 Å². The normalized spacial score (nSPS) is 54.0. The molecule has 35 unspecified atom stereocenters. The number of carbonyl (C=O) groups excluding carboxylic acids is 1. The molecule has 4 aliphatic carbocycles. The van der Waals surface area contributed by atoms with Gasteiger partial charge >= 0.3 is 0 Å². The Morgan fingerprint density at radius 3 is 1.79 bits per heavy atom. The predicted molar refractivity (Wildman–Crippen MR) is 279 cm³/mol. The molecule has 85 heavy (non-hydrogen) atoms. The summed E-state index contributed by atoms with van der Waals surface area (Å²) in [5.41, 5.74) is -0.107. The summed E-state index contributed by atoms with van der Waals surface area (Å²) in [5, 5.41) is 182. The number of ketones is 1. The van der Waals surface area contributed by atoms with Gasteiger partial charge in [0.15, 0.2) is 37.2 Å². The summed E-state index contributed by atoms with van der Waals surface area (Å²) in [6.07, 6.45) is -35.9. The molecule has 488 valence electrons. The van der Waals surface area contributed by atoms with Crippen LogP contribution in [0.4, 0.5) is 0 Å². The van der Waals surface area contributed by atoms with Crippen LogP contribution in [0, 0.1) is 46.3 Å². The number of hydrogen-bond donors (Lipinski definition) is 17. The summed E-state index contributed by atoms with van der Waals surface area (Å²) < 4.78 is 65.2. The number of rotatable bonds is 18. The van der Waals surface area contributed by atoms with E-state index in [9.17, 15) is 91.6 Å².